The first-order valence-corrected chi connectivity index (χ1v) is 11.6. The van der Waals surface area contributed by atoms with Crippen LogP contribution in [0.1, 0.15) is 35.8 Å². The van der Waals surface area contributed by atoms with Crippen LogP contribution in [-0.4, -0.2) is 39.8 Å². The van der Waals surface area contributed by atoms with Crippen LogP contribution in [0.4, 0.5) is 10.2 Å². The van der Waals surface area contributed by atoms with Gasteiger partial charge in [-0.3, -0.25) is 4.98 Å². The Bertz CT molecular complexity index is 1390. The van der Waals surface area contributed by atoms with E-state index in [0.29, 0.717) is 17.0 Å². The molecule has 1 aliphatic carbocycles. The molecular weight excluding hydrogens is 431 g/mol. The number of rotatable bonds is 3. The number of methoxy groups -OCH3 is 1. The molecule has 8 heteroatoms. The Morgan fingerprint density at radius 1 is 1.12 bits per heavy atom. The molecule has 0 bridgehead atoms. The van der Waals surface area contributed by atoms with Gasteiger partial charge in [-0.25, -0.2) is 13.9 Å². The summed E-state index contributed by atoms with van der Waals surface area (Å²) in [6.07, 6.45) is 6.47. The molecule has 1 spiro atoms. The van der Waals surface area contributed by atoms with Crippen LogP contribution >= 0.6 is 0 Å². The lowest BCUT2D eigenvalue weighted by molar-refractivity contribution is 0.187. The van der Waals surface area contributed by atoms with Gasteiger partial charge in [0.15, 0.2) is 17.4 Å². The van der Waals surface area contributed by atoms with Crippen molar-refractivity contribution in [1.29, 1.82) is 0 Å². The topological polar surface area (TPSA) is 81.6 Å². The number of aromatic nitrogens is 4. The van der Waals surface area contributed by atoms with E-state index in [-0.39, 0.29) is 17.2 Å². The molecule has 0 radical (unpaired) electrons. The van der Waals surface area contributed by atoms with Gasteiger partial charge in [0.05, 0.1) is 24.7 Å². The minimum atomic E-state index is -0.414. The van der Waals surface area contributed by atoms with E-state index < -0.39 is 5.82 Å². The zero-order valence-corrected chi connectivity index (χ0v) is 19.3. The molecule has 174 valence electrons. The average molecular weight is 459 g/mol. The van der Waals surface area contributed by atoms with E-state index in [9.17, 15) is 0 Å². The molecule has 0 saturated carbocycles. The molecule has 1 fully saturated rings. The van der Waals surface area contributed by atoms with Gasteiger partial charge >= 0.3 is 0 Å². The number of hydrogen-bond acceptors (Lipinski definition) is 6. The van der Waals surface area contributed by atoms with Crippen molar-refractivity contribution in [3.05, 3.63) is 71.6 Å². The largest absolute Gasteiger partial charge is 0.494 e. The van der Waals surface area contributed by atoms with Crippen molar-refractivity contribution < 1.29 is 9.13 Å². The predicted molar refractivity (Wildman–Crippen MR) is 128 cm³/mol. The highest BCUT2D eigenvalue weighted by atomic mass is 19.1. The lowest BCUT2D eigenvalue weighted by Gasteiger charge is -2.42. The van der Waals surface area contributed by atoms with E-state index in [1.54, 1.807) is 28.9 Å². The smallest absolute Gasteiger partial charge is 0.174 e. The maximum atomic E-state index is 15.1. The van der Waals surface area contributed by atoms with Crippen LogP contribution in [0.2, 0.25) is 0 Å². The summed E-state index contributed by atoms with van der Waals surface area (Å²) in [5.41, 5.74) is 11.7. The summed E-state index contributed by atoms with van der Waals surface area (Å²) in [4.78, 5) is 11.9. The number of anilines is 1. The summed E-state index contributed by atoms with van der Waals surface area (Å²) in [6, 6.07) is 11.2. The lowest BCUT2D eigenvalue weighted by Crippen LogP contribution is -2.44. The number of benzene rings is 1. The number of aryl methyl sites for hydroxylation is 1. The third-order valence-electron chi connectivity index (χ3n) is 7.64. The van der Waals surface area contributed by atoms with Gasteiger partial charge in [0.25, 0.3) is 0 Å². The maximum absolute atomic E-state index is 15.1. The summed E-state index contributed by atoms with van der Waals surface area (Å²) >= 11 is 0. The Morgan fingerprint density at radius 2 is 1.94 bits per heavy atom. The Kier molecular flexibility index (Phi) is 4.81. The number of hydrogen-bond donors (Lipinski definition) is 1. The lowest BCUT2D eigenvalue weighted by atomic mass is 9.73. The van der Waals surface area contributed by atoms with Crippen LogP contribution in [0.15, 0.2) is 48.8 Å². The van der Waals surface area contributed by atoms with Crippen LogP contribution in [-0.2, 0) is 6.42 Å². The van der Waals surface area contributed by atoms with E-state index in [1.807, 2.05) is 25.3 Å². The normalized spacial score (nSPS) is 19.1. The standard InChI is InChI=1S/C26H27FN6O/c1-16-23(18-5-3-7-21(34-2)22(18)27)33-20(8-12-30-33)25(31-16)32-13-9-26(10-14-32)15-19-17(24(26)28)6-4-11-29-19/h3-8,11-12,24H,9-10,13-15,28H2,1-2H3/t24-/m1/s1. The molecular formula is C26H27FN6O. The number of nitrogens with zero attached hydrogens (tertiary/aromatic N) is 5. The zero-order chi connectivity index (χ0) is 23.4. The van der Waals surface area contributed by atoms with E-state index >= 15 is 4.39 Å². The summed E-state index contributed by atoms with van der Waals surface area (Å²) in [7, 11) is 1.47. The van der Waals surface area contributed by atoms with Gasteiger partial charge in [-0.05, 0) is 61.4 Å². The number of piperidine rings is 1. The summed E-state index contributed by atoms with van der Waals surface area (Å²) < 4.78 is 22.1. The van der Waals surface area contributed by atoms with Crippen molar-refractivity contribution >= 4 is 11.3 Å². The minimum absolute atomic E-state index is 0.0152. The van der Waals surface area contributed by atoms with Crippen molar-refractivity contribution in [2.75, 3.05) is 25.1 Å². The number of fused-ring (bicyclic) bond motifs is 2. The highest BCUT2D eigenvalue weighted by molar-refractivity contribution is 5.76. The van der Waals surface area contributed by atoms with Crippen molar-refractivity contribution in [3.8, 4) is 17.0 Å². The van der Waals surface area contributed by atoms with Crippen LogP contribution in [0.5, 0.6) is 5.75 Å². The molecule has 6 rings (SSSR count). The summed E-state index contributed by atoms with van der Waals surface area (Å²) in [5, 5.41) is 4.53. The second-order valence-corrected chi connectivity index (χ2v) is 9.36. The minimum Gasteiger partial charge on any atom is -0.494 e. The molecule has 1 atom stereocenters. The van der Waals surface area contributed by atoms with Crippen molar-refractivity contribution in [2.24, 2.45) is 11.1 Å². The first-order valence-electron chi connectivity index (χ1n) is 11.6. The Labute approximate surface area is 197 Å². The third-order valence-corrected chi connectivity index (χ3v) is 7.64. The molecule has 0 amide bonds. The fraction of sp³-hybridized carbons (Fsp3) is 0.346. The predicted octanol–water partition coefficient (Wildman–Crippen LogP) is 4.09. The quantitative estimate of drug-likeness (QED) is 0.498. The molecule has 1 saturated heterocycles. The number of ether oxygens (including phenoxy) is 1. The Morgan fingerprint density at radius 3 is 2.71 bits per heavy atom. The van der Waals surface area contributed by atoms with Crippen LogP contribution in [0.25, 0.3) is 16.8 Å². The number of nitrogens with two attached hydrogens (primary N) is 1. The van der Waals surface area contributed by atoms with Crippen LogP contribution < -0.4 is 15.4 Å². The van der Waals surface area contributed by atoms with E-state index in [0.717, 1.165) is 49.4 Å². The molecule has 1 aliphatic heterocycles. The van der Waals surface area contributed by atoms with Crippen molar-refractivity contribution in [2.45, 2.75) is 32.2 Å². The second-order valence-electron chi connectivity index (χ2n) is 9.36. The Balaban J connectivity index is 1.34. The molecule has 4 heterocycles. The molecule has 34 heavy (non-hydrogen) atoms. The van der Waals surface area contributed by atoms with Gasteiger partial charge in [0.2, 0.25) is 0 Å². The SMILES string of the molecule is COc1cccc(-c2c(C)nc(N3CCC4(CC3)Cc3ncccc3[C@H]4N)c3ccnn23)c1F. The fourth-order valence-corrected chi connectivity index (χ4v) is 5.77. The highest BCUT2D eigenvalue weighted by Gasteiger charge is 2.46. The van der Waals surface area contributed by atoms with Crippen molar-refractivity contribution in [1.82, 2.24) is 19.6 Å². The first-order chi connectivity index (χ1) is 16.5. The van der Waals surface area contributed by atoms with Gasteiger partial charge in [-0.2, -0.15) is 5.10 Å². The summed E-state index contributed by atoms with van der Waals surface area (Å²) in [5.74, 6) is 0.660. The van der Waals surface area contributed by atoms with Gasteiger partial charge in [-0.15, -0.1) is 0 Å². The molecule has 2 N–H and O–H groups in total. The van der Waals surface area contributed by atoms with Gasteiger partial charge < -0.3 is 15.4 Å². The molecule has 7 nitrogen and oxygen atoms in total. The maximum Gasteiger partial charge on any atom is 0.174 e. The Hall–Kier alpha value is -3.52. The van der Waals surface area contributed by atoms with E-state index in [2.05, 4.69) is 21.0 Å². The van der Waals surface area contributed by atoms with Crippen LogP contribution in [0, 0.1) is 18.2 Å². The molecule has 1 aromatic carbocycles. The second kappa shape index (κ2) is 7.77. The molecule has 4 aromatic rings. The number of halogens is 1. The molecule has 2 aliphatic rings. The monoisotopic (exact) mass is 458 g/mol. The van der Waals surface area contributed by atoms with Gasteiger partial charge in [0.1, 0.15) is 5.52 Å². The van der Waals surface area contributed by atoms with Crippen molar-refractivity contribution in [3.63, 3.8) is 0 Å². The molecule has 3 aromatic heterocycles. The average Bonchev–Trinajstić information content (AvgIpc) is 3.44. The van der Waals surface area contributed by atoms with Gasteiger partial charge in [0, 0.05) is 36.6 Å². The highest BCUT2D eigenvalue weighted by Crippen LogP contribution is 2.50. The van der Waals surface area contributed by atoms with Crippen LogP contribution in [0.3, 0.4) is 0 Å². The first kappa shape index (κ1) is 21.0. The van der Waals surface area contributed by atoms with E-state index in [4.69, 9.17) is 15.5 Å². The zero-order valence-electron chi connectivity index (χ0n) is 19.3. The third kappa shape index (κ3) is 3.01. The number of pyridine rings is 1. The summed E-state index contributed by atoms with van der Waals surface area (Å²) in [6.45, 7) is 3.60. The van der Waals surface area contributed by atoms with Gasteiger partial charge in [-0.1, -0.05) is 12.1 Å². The van der Waals surface area contributed by atoms with E-state index in [1.165, 1.54) is 12.7 Å². The fourth-order valence-electron chi connectivity index (χ4n) is 5.77. The molecule has 0 unspecified atom stereocenters.